The molecular weight excluding hydrogens is 392 g/mol. The Labute approximate surface area is 186 Å². The van der Waals surface area contributed by atoms with E-state index < -0.39 is 5.60 Å². The number of aliphatic hydroxyl groups excluding tert-OH is 1. The first kappa shape index (κ1) is 23.6. The van der Waals surface area contributed by atoms with E-state index in [1.807, 2.05) is 37.8 Å². The monoisotopic (exact) mass is 430 g/mol. The number of ether oxygens (including phenoxy) is 1. The number of β-amino-alcohol motifs (C(OH)–C–C–N with tert-alkyl or cyclic N) is 1. The fourth-order valence-corrected chi connectivity index (χ4v) is 4.42. The molecule has 2 amide bonds. The first-order valence-electron chi connectivity index (χ1n) is 11.8. The number of carbonyl (C=O) groups is 2. The molecule has 3 rings (SSSR count). The number of aryl methyl sites for hydroxylation is 1. The summed E-state index contributed by atoms with van der Waals surface area (Å²) in [4.78, 5) is 28.2. The molecular formula is C25H38N2O4. The highest BCUT2D eigenvalue weighted by Gasteiger charge is 2.27. The number of aliphatic hydroxyl groups is 1. The number of hydrogen-bond donors (Lipinski definition) is 1. The number of amides is 2. The van der Waals surface area contributed by atoms with Crippen LogP contribution in [-0.2, 0) is 11.2 Å². The Bertz CT molecular complexity index is 733. The highest BCUT2D eigenvalue weighted by Crippen LogP contribution is 2.24. The maximum Gasteiger partial charge on any atom is 0.410 e. The summed E-state index contributed by atoms with van der Waals surface area (Å²) in [6.07, 6.45) is 6.76. The van der Waals surface area contributed by atoms with Crippen molar-refractivity contribution in [3.63, 3.8) is 0 Å². The number of nitrogens with zero attached hydrogens (tertiary/aromatic N) is 2. The van der Waals surface area contributed by atoms with Crippen LogP contribution in [0, 0.1) is 5.92 Å². The zero-order valence-electron chi connectivity index (χ0n) is 19.3. The molecule has 2 fully saturated rings. The molecule has 6 heteroatoms. The molecule has 0 saturated carbocycles. The van der Waals surface area contributed by atoms with Gasteiger partial charge in [0.1, 0.15) is 5.60 Å². The molecule has 1 atom stereocenters. The van der Waals surface area contributed by atoms with Gasteiger partial charge in [0.2, 0.25) is 0 Å². The molecule has 1 aromatic rings. The molecule has 0 bridgehead atoms. The third-order valence-corrected chi connectivity index (χ3v) is 6.25. The second kappa shape index (κ2) is 10.5. The van der Waals surface area contributed by atoms with Crippen LogP contribution < -0.4 is 0 Å². The van der Waals surface area contributed by atoms with Gasteiger partial charge in [-0.2, -0.15) is 0 Å². The van der Waals surface area contributed by atoms with Gasteiger partial charge in [-0.15, -0.1) is 0 Å². The highest BCUT2D eigenvalue weighted by atomic mass is 16.6. The van der Waals surface area contributed by atoms with Crippen molar-refractivity contribution >= 4 is 12.0 Å². The number of rotatable bonds is 6. The number of likely N-dealkylation sites (tertiary alicyclic amines) is 2. The third kappa shape index (κ3) is 7.23. The molecule has 0 radical (unpaired) electrons. The molecule has 0 unspecified atom stereocenters. The minimum absolute atomic E-state index is 0.0147. The quantitative estimate of drug-likeness (QED) is 0.685. The maximum atomic E-state index is 12.5. The van der Waals surface area contributed by atoms with Gasteiger partial charge in [0.05, 0.1) is 6.10 Å². The summed E-state index contributed by atoms with van der Waals surface area (Å²) in [6.45, 7) is 8.38. The van der Waals surface area contributed by atoms with Crippen LogP contribution in [0.2, 0.25) is 0 Å². The number of benzene rings is 1. The lowest BCUT2D eigenvalue weighted by molar-refractivity contribution is 0.0180. The SMILES string of the molecule is CC(C)(C)OC(=O)N1CCC(CCCCc2ccc(C(=O)N3CC[C@H](O)C3)cc2)CC1. The lowest BCUT2D eigenvalue weighted by Crippen LogP contribution is -2.41. The van der Waals surface area contributed by atoms with Crippen molar-refractivity contribution in [1.82, 2.24) is 9.80 Å². The first-order chi connectivity index (χ1) is 14.7. The lowest BCUT2D eigenvalue weighted by atomic mass is 9.91. The largest absolute Gasteiger partial charge is 0.444 e. The molecule has 1 aromatic carbocycles. The van der Waals surface area contributed by atoms with Crippen LogP contribution in [0.3, 0.4) is 0 Å². The summed E-state index contributed by atoms with van der Waals surface area (Å²) < 4.78 is 5.47. The average Bonchev–Trinajstić information content (AvgIpc) is 3.16. The lowest BCUT2D eigenvalue weighted by Gasteiger charge is -2.33. The Morgan fingerprint density at radius 3 is 2.23 bits per heavy atom. The average molecular weight is 431 g/mol. The van der Waals surface area contributed by atoms with Crippen LogP contribution in [0.4, 0.5) is 4.79 Å². The highest BCUT2D eigenvalue weighted by molar-refractivity contribution is 5.94. The molecule has 31 heavy (non-hydrogen) atoms. The van der Waals surface area contributed by atoms with Crippen LogP contribution in [0.15, 0.2) is 24.3 Å². The van der Waals surface area contributed by atoms with Gasteiger partial charge in [-0.25, -0.2) is 4.79 Å². The van der Waals surface area contributed by atoms with E-state index in [0.29, 0.717) is 31.0 Å². The Hall–Kier alpha value is -2.08. The fraction of sp³-hybridized carbons (Fsp3) is 0.680. The van der Waals surface area contributed by atoms with E-state index in [9.17, 15) is 14.7 Å². The Kier molecular flexibility index (Phi) is 7.98. The minimum atomic E-state index is -0.434. The number of unbranched alkanes of at least 4 members (excludes halogenated alkanes) is 1. The number of hydrogen-bond acceptors (Lipinski definition) is 4. The van der Waals surface area contributed by atoms with E-state index in [-0.39, 0.29) is 18.1 Å². The number of piperidine rings is 1. The van der Waals surface area contributed by atoms with Crippen LogP contribution in [0.1, 0.15) is 75.2 Å². The molecule has 2 heterocycles. The zero-order chi connectivity index (χ0) is 22.4. The first-order valence-corrected chi connectivity index (χ1v) is 11.8. The molecule has 2 aliphatic rings. The van der Waals surface area contributed by atoms with Crippen molar-refractivity contribution in [3.8, 4) is 0 Å². The smallest absolute Gasteiger partial charge is 0.410 e. The summed E-state index contributed by atoms with van der Waals surface area (Å²) in [6, 6.07) is 7.93. The summed E-state index contributed by atoms with van der Waals surface area (Å²) in [5.74, 6) is 0.704. The molecule has 2 aliphatic heterocycles. The van der Waals surface area contributed by atoms with Gasteiger partial charge >= 0.3 is 6.09 Å². The van der Waals surface area contributed by atoms with Crippen molar-refractivity contribution in [2.45, 2.75) is 77.4 Å². The molecule has 0 aromatic heterocycles. The van der Waals surface area contributed by atoms with Crippen LogP contribution in [0.25, 0.3) is 0 Å². The topological polar surface area (TPSA) is 70.1 Å². The predicted molar refractivity (Wildman–Crippen MR) is 121 cm³/mol. The second-order valence-electron chi connectivity index (χ2n) is 10.0. The van der Waals surface area contributed by atoms with Crippen molar-refractivity contribution < 1.29 is 19.4 Å². The van der Waals surface area contributed by atoms with Crippen LogP contribution >= 0.6 is 0 Å². The van der Waals surface area contributed by atoms with Gasteiger partial charge < -0.3 is 19.6 Å². The van der Waals surface area contributed by atoms with E-state index >= 15 is 0 Å². The summed E-state index contributed by atoms with van der Waals surface area (Å²) in [5, 5.41) is 9.62. The third-order valence-electron chi connectivity index (χ3n) is 6.25. The van der Waals surface area contributed by atoms with E-state index in [1.165, 1.54) is 18.4 Å². The van der Waals surface area contributed by atoms with E-state index in [2.05, 4.69) is 12.1 Å². The normalized spacial score (nSPS) is 20.2. The number of carbonyl (C=O) groups excluding carboxylic acids is 2. The molecule has 0 spiro atoms. The fourth-order valence-electron chi connectivity index (χ4n) is 4.42. The van der Waals surface area contributed by atoms with Crippen molar-refractivity contribution in [2.75, 3.05) is 26.2 Å². The Morgan fingerprint density at radius 2 is 1.65 bits per heavy atom. The Balaban J connectivity index is 1.32. The van der Waals surface area contributed by atoms with Crippen molar-refractivity contribution in [2.24, 2.45) is 5.92 Å². The summed E-state index contributed by atoms with van der Waals surface area (Å²) >= 11 is 0. The van der Waals surface area contributed by atoms with Crippen molar-refractivity contribution in [1.29, 1.82) is 0 Å². The van der Waals surface area contributed by atoms with Gasteiger partial charge in [-0.05, 0) is 76.5 Å². The standard InChI is InChI=1S/C25H38N2O4/c1-25(2,3)31-24(30)26-15-12-20(13-16-26)7-5-4-6-19-8-10-21(11-9-19)23(29)27-17-14-22(28)18-27/h8-11,20,22,28H,4-7,12-18H2,1-3H3/t22-/m0/s1. The predicted octanol–water partition coefficient (Wildman–Crippen LogP) is 4.25. The molecule has 2 saturated heterocycles. The van der Waals surface area contributed by atoms with Crippen LogP contribution in [-0.4, -0.2) is 64.8 Å². The zero-order valence-corrected chi connectivity index (χ0v) is 19.3. The molecule has 6 nitrogen and oxygen atoms in total. The Morgan fingerprint density at radius 1 is 1.00 bits per heavy atom. The molecule has 1 N–H and O–H groups in total. The van der Waals surface area contributed by atoms with Gasteiger partial charge in [0.25, 0.3) is 5.91 Å². The second-order valence-corrected chi connectivity index (χ2v) is 10.0. The molecule has 172 valence electrons. The summed E-state index contributed by atoms with van der Waals surface area (Å²) in [7, 11) is 0. The van der Waals surface area contributed by atoms with Gasteiger partial charge in [-0.3, -0.25) is 4.79 Å². The summed E-state index contributed by atoms with van der Waals surface area (Å²) in [5.41, 5.74) is 1.53. The van der Waals surface area contributed by atoms with E-state index in [1.54, 1.807) is 4.90 Å². The molecule has 0 aliphatic carbocycles. The van der Waals surface area contributed by atoms with Gasteiger partial charge in [-0.1, -0.05) is 25.0 Å². The van der Waals surface area contributed by atoms with Gasteiger partial charge in [0.15, 0.2) is 0 Å². The minimum Gasteiger partial charge on any atom is -0.444 e. The van der Waals surface area contributed by atoms with Crippen LogP contribution in [0.5, 0.6) is 0 Å². The van der Waals surface area contributed by atoms with E-state index in [4.69, 9.17) is 4.74 Å². The van der Waals surface area contributed by atoms with E-state index in [0.717, 1.165) is 38.8 Å². The maximum absolute atomic E-state index is 12.5. The van der Waals surface area contributed by atoms with Gasteiger partial charge in [0, 0.05) is 31.7 Å². The van der Waals surface area contributed by atoms with Crippen molar-refractivity contribution in [3.05, 3.63) is 35.4 Å².